The van der Waals surface area contributed by atoms with E-state index in [4.69, 9.17) is 9.47 Å². The Labute approximate surface area is 127 Å². The number of nitrogens with zero attached hydrogens (tertiary/aromatic N) is 1. The molecule has 0 radical (unpaired) electrons. The predicted molar refractivity (Wildman–Crippen MR) is 83.5 cm³/mol. The van der Waals surface area contributed by atoms with Crippen LogP contribution in [0, 0.1) is 0 Å². The Morgan fingerprint density at radius 3 is 2.80 bits per heavy atom. The number of benzene rings is 1. The summed E-state index contributed by atoms with van der Waals surface area (Å²) in [6.45, 7) is 3.78. The van der Waals surface area contributed by atoms with Crippen molar-refractivity contribution >= 4 is 21.7 Å². The third-order valence-electron chi connectivity index (χ3n) is 2.54. The second-order valence-corrected chi connectivity index (χ2v) is 4.93. The van der Waals surface area contributed by atoms with Gasteiger partial charge in [-0.15, -0.1) is 0 Å². The first-order valence-electron chi connectivity index (χ1n) is 6.49. The van der Waals surface area contributed by atoms with E-state index in [9.17, 15) is 0 Å². The number of pyridine rings is 1. The van der Waals surface area contributed by atoms with E-state index in [0.29, 0.717) is 19.8 Å². The van der Waals surface area contributed by atoms with Crippen LogP contribution in [-0.2, 0) is 0 Å². The number of ether oxygens (including phenoxy) is 2. The third-order valence-corrected chi connectivity index (χ3v) is 3.03. The molecule has 1 aromatic carbocycles. The summed E-state index contributed by atoms with van der Waals surface area (Å²) in [7, 11) is 0. The quantitative estimate of drug-likeness (QED) is 0.782. The maximum atomic E-state index is 5.73. The van der Waals surface area contributed by atoms with E-state index in [2.05, 4.69) is 26.2 Å². The van der Waals surface area contributed by atoms with E-state index in [0.717, 1.165) is 21.8 Å². The molecule has 0 spiro atoms. The highest BCUT2D eigenvalue weighted by atomic mass is 79.9. The molecule has 1 heterocycles. The van der Waals surface area contributed by atoms with Crippen LogP contribution in [0.3, 0.4) is 0 Å². The van der Waals surface area contributed by atoms with E-state index >= 15 is 0 Å². The molecule has 0 unspecified atom stereocenters. The Morgan fingerprint density at radius 1 is 1.15 bits per heavy atom. The lowest BCUT2D eigenvalue weighted by Gasteiger charge is -2.12. The molecule has 0 aliphatic heterocycles. The van der Waals surface area contributed by atoms with Gasteiger partial charge in [0.15, 0.2) is 11.5 Å². The summed E-state index contributed by atoms with van der Waals surface area (Å²) in [5.41, 5.74) is 0. The number of rotatable bonds is 7. The van der Waals surface area contributed by atoms with Gasteiger partial charge in [-0.25, -0.2) is 4.98 Å². The van der Waals surface area contributed by atoms with Crippen molar-refractivity contribution in [1.82, 2.24) is 4.98 Å². The van der Waals surface area contributed by atoms with Gasteiger partial charge in [-0.05, 0) is 37.3 Å². The fraction of sp³-hybridized carbons (Fsp3) is 0.267. The fourth-order valence-electron chi connectivity index (χ4n) is 1.68. The molecule has 2 rings (SSSR count). The monoisotopic (exact) mass is 336 g/mol. The van der Waals surface area contributed by atoms with Crippen LogP contribution in [-0.4, -0.2) is 24.7 Å². The van der Waals surface area contributed by atoms with Crippen LogP contribution in [0.5, 0.6) is 11.5 Å². The molecular weight excluding hydrogens is 320 g/mol. The highest BCUT2D eigenvalue weighted by Gasteiger charge is 2.05. The first kappa shape index (κ1) is 14.7. The molecule has 4 nitrogen and oxygen atoms in total. The Balaban J connectivity index is 1.84. The van der Waals surface area contributed by atoms with Crippen molar-refractivity contribution in [2.24, 2.45) is 0 Å². The molecular formula is C15H17BrN2O2. The van der Waals surface area contributed by atoms with Crippen molar-refractivity contribution in [3.8, 4) is 11.5 Å². The van der Waals surface area contributed by atoms with Crippen molar-refractivity contribution in [2.75, 3.05) is 25.1 Å². The molecule has 0 aliphatic carbocycles. The van der Waals surface area contributed by atoms with Gasteiger partial charge in [0.1, 0.15) is 12.4 Å². The molecule has 0 saturated heterocycles. The van der Waals surface area contributed by atoms with Crippen LogP contribution in [0.25, 0.3) is 0 Å². The third kappa shape index (κ3) is 4.42. The van der Waals surface area contributed by atoms with Gasteiger partial charge in [0.05, 0.1) is 13.2 Å². The van der Waals surface area contributed by atoms with E-state index < -0.39 is 0 Å². The molecule has 0 fully saturated rings. The van der Waals surface area contributed by atoms with Crippen molar-refractivity contribution in [3.05, 3.63) is 47.1 Å². The summed E-state index contributed by atoms with van der Waals surface area (Å²) < 4.78 is 12.2. The van der Waals surface area contributed by atoms with E-state index in [1.807, 2.05) is 43.3 Å². The zero-order valence-corrected chi connectivity index (χ0v) is 12.9. The number of hydrogen-bond donors (Lipinski definition) is 1. The zero-order valence-electron chi connectivity index (χ0n) is 11.3. The van der Waals surface area contributed by atoms with Crippen LogP contribution in [0.1, 0.15) is 6.92 Å². The summed E-state index contributed by atoms with van der Waals surface area (Å²) in [5.74, 6) is 2.34. The molecule has 0 aliphatic rings. The van der Waals surface area contributed by atoms with E-state index in [-0.39, 0.29) is 0 Å². The first-order chi connectivity index (χ1) is 9.79. The van der Waals surface area contributed by atoms with Crippen LogP contribution in [0.2, 0.25) is 0 Å². The molecule has 5 heteroatoms. The fourth-order valence-corrected chi connectivity index (χ4v) is 2.02. The van der Waals surface area contributed by atoms with E-state index in [1.54, 1.807) is 6.20 Å². The van der Waals surface area contributed by atoms with Crippen LogP contribution < -0.4 is 14.8 Å². The molecule has 2 aromatic rings. The van der Waals surface area contributed by atoms with Gasteiger partial charge in [-0.3, -0.25) is 0 Å². The number of hydrogen-bond acceptors (Lipinski definition) is 4. The molecule has 1 N–H and O–H groups in total. The van der Waals surface area contributed by atoms with Gasteiger partial charge in [0.2, 0.25) is 0 Å². The minimum absolute atomic E-state index is 0.540. The molecule has 106 valence electrons. The van der Waals surface area contributed by atoms with Gasteiger partial charge < -0.3 is 14.8 Å². The van der Waals surface area contributed by atoms with Crippen molar-refractivity contribution in [1.29, 1.82) is 0 Å². The lowest BCUT2D eigenvalue weighted by atomic mass is 10.3. The molecule has 20 heavy (non-hydrogen) atoms. The van der Waals surface area contributed by atoms with Crippen molar-refractivity contribution < 1.29 is 9.47 Å². The summed E-state index contributed by atoms with van der Waals surface area (Å²) in [6.07, 6.45) is 1.76. The first-order valence-corrected chi connectivity index (χ1v) is 7.29. The van der Waals surface area contributed by atoms with Crippen molar-refractivity contribution in [2.45, 2.75) is 6.92 Å². The molecule has 0 atom stereocenters. The summed E-state index contributed by atoms with van der Waals surface area (Å²) in [5, 5.41) is 3.19. The standard InChI is InChI=1S/C15H17BrN2O2/c1-2-19-14-11-12(16)6-7-13(14)20-10-9-18-15-5-3-4-8-17-15/h3-8,11H,2,9-10H2,1H3,(H,17,18). The summed E-state index contributed by atoms with van der Waals surface area (Å²) >= 11 is 3.42. The predicted octanol–water partition coefficient (Wildman–Crippen LogP) is 3.73. The maximum Gasteiger partial charge on any atom is 0.162 e. The van der Waals surface area contributed by atoms with Gasteiger partial charge >= 0.3 is 0 Å². The topological polar surface area (TPSA) is 43.4 Å². The largest absolute Gasteiger partial charge is 0.490 e. The zero-order chi connectivity index (χ0) is 14.2. The van der Waals surface area contributed by atoms with Crippen LogP contribution >= 0.6 is 15.9 Å². The maximum absolute atomic E-state index is 5.73. The molecule has 1 aromatic heterocycles. The van der Waals surface area contributed by atoms with Crippen LogP contribution in [0.15, 0.2) is 47.1 Å². The SMILES string of the molecule is CCOc1cc(Br)ccc1OCCNc1ccccn1. The highest BCUT2D eigenvalue weighted by Crippen LogP contribution is 2.30. The second kappa shape index (κ2) is 7.75. The average Bonchev–Trinajstić information content (AvgIpc) is 2.47. The summed E-state index contributed by atoms with van der Waals surface area (Å²) in [4.78, 5) is 4.18. The van der Waals surface area contributed by atoms with Gasteiger partial charge in [0.25, 0.3) is 0 Å². The normalized spacial score (nSPS) is 10.1. The number of anilines is 1. The second-order valence-electron chi connectivity index (χ2n) is 4.01. The Morgan fingerprint density at radius 2 is 2.05 bits per heavy atom. The highest BCUT2D eigenvalue weighted by molar-refractivity contribution is 9.10. The Kier molecular flexibility index (Phi) is 5.68. The number of halogens is 1. The van der Waals surface area contributed by atoms with Gasteiger partial charge in [-0.2, -0.15) is 0 Å². The van der Waals surface area contributed by atoms with Gasteiger partial charge in [-0.1, -0.05) is 22.0 Å². The molecule has 0 bridgehead atoms. The van der Waals surface area contributed by atoms with Crippen LogP contribution in [0.4, 0.5) is 5.82 Å². The molecule has 0 amide bonds. The van der Waals surface area contributed by atoms with Gasteiger partial charge in [0, 0.05) is 10.7 Å². The van der Waals surface area contributed by atoms with E-state index in [1.165, 1.54) is 0 Å². The lowest BCUT2D eigenvalue weighted by molar-refractivity contribution is 0.284. The van der Waals surface area contributed by atoms with Crippen molar-refractivity contribution in [3.63, 3.8) is 0 Å². The minimum atomic E-state index is 0.540. The Hall–Kier alpha value is -1.75. The average molecular weight is 337 g/mol. The number of aromatic nitrogens is 1. The summed E-state index contributed by atoms with van der Waals surface area (Å²) in [6, 6.07) is 11.5. The Bertz CT molecular complexity index is 535. The number of nitrogens with one attached hydrogen (secondary N) is 1. The molecule has 0 saturated carbocycles. The smallest absolute Gasteiger partial charge is 0.162 e. The minimum Gasteiger partial charge on any atom is -0.490 e. The lowest BCUT2D eigenvalue weighted by Crippen LogP contribution is -2.12.